The molecule has 0 fully saturated rings. The van der Waals surface area contributed by atoms with E-state index in [0.717, 1.165) is 35.5 Å². The molecule has 2 rings (SSSR count). The Bertz CT molecular complexity index is 791. The van der Waals surface area contributed by atoms with E-state index in [1.54, 1.807) is 7.11 Å². The minimum absolute atomic E-state index is 0.224. The van der Waals surface area contributed by atoms with Crippen LogP contribution >= 0.6 is 0 Å². The number of benzene rings is 2. The third-order valence-corrected chi connectivity index (χ3v) is 4.36. The van der Waals surface area contributed by atoms with Gasteiger partial charge in [-0.15, -0.1) is 0 Å². The number of aryl methyl sites for hydroxylation is 1. The van der Waals surface area contributed by atoms with E-state index in [2.05, 4.69) is 51.2 Å². The van der Waals surface area contributed by atoms with Gasteiger partial charge in [0.25, 0.3) is 0 Å². The van der Waals surface area contributed by atoms with Crippen LogP contribution in [0.2, 0.25) is 0 Å². The van der Waals surface area contributed by atoms with Crippen molar-refractivity contribution in [1.82, 2.24) is 5.32 Å². The van der Waals surface area contributed by atoms with Crippen LogP contribution in [0.4, 0.5) is 0 Å². The lowest BCUT2D eigenvalue weighted by molar-refractivity contribution is -0.139. The molecule has 2 aromatic rings. The van der Waals surface area contributed by atoms with E-state index in [0.29, 0.717) is 0 Å². The van der Waals surface area contributed by atoms with Crippen molar-refractivity contribution in [3.63, 3.8) is 0 Å². The quantitative estimate of drug-likeness (QED) is 0.729. The molecule has 0 aromatic heterocycles. The lowest BCUT2D eigenvalue weighted by Crippen LogP contribution is -2.26. The molecule has 0 atom stereocenters. The van der Waals surface area contributed by atoms with E-state index in [4.69, 9.17) is 9.47 Å². The van der Waals surface area contributed by atoms with Crippen LogP contribution in [0.3, 0.4) is 0 Å². The van der Waals surface area contributed by atoms with Crippen molar-refractivity contribution >= 4 is 5.97 Å². The standard InChI is InChI=1S/C23H31NO3/c1-16-7-9-19(18(11-16)14-24-15-23(2,3)4)20-12-17(13-22(25)27-6)8-10-21(20)26-5/h7-12,24H,13-15H2,1-6H3. The zero-order valence-electron chi connectivity index (χ0n) is 17.3. The molecule has 0 spiro atoms. The number of hydrogen-bond donors (Lipinski definition) is 1. The predicted molar refractivity (Wildman–Crippen MR) is 110 cm³/mol. The van der Waals surface area contributed by atoms with E-state index in [9.17, 15) is 4.79 Å². The molecule has 0 unspecified atom stereocenters. The second-order valence-electron chi connectivity index (χ2n) is 8.11. The van der Waals surface area contributed by atoms with E-state index in [-0.39, 0.29) is 17.8 Å². The van der Waals surface area contributed by atoms with Crippen LogP contribution in [-0.2, 0) is 22.5 Å². The highest BCUT2D eigenvalue weighted by Gasteiger charge is 2.15. The first-order valence-corrected chi connectivity index (χ1v) is 9.28. The normalized spacial score (nSPS) is 11.3. The van der Waals surface area contributed by atoms with Gasteiger partial charge < -0.3 is 14.8 Å². The molecule has 0 aliphatic carbocycles. The number of ether oxygens (including phenoxy) is 2. The molecule has 2 aromatic carbocycles. The predicted octanol–water partition coefficient (Wildman–Crippen LogP) is 4.52. The Morgan fingerprint density at radius 3 is 2.41 bits per heavy atom. The maximum absolute atomic E-state index is 11.7. The number of nitrogens with one attached hydrogen (secondary N) is 1. The van der Waals surface area contributed by atoms with Crippen LogP contribution in [0.25, 0.3) is 11.1 Å². The molecular weight excluding hydrogens is 338 g/mol. The number of hydrogen-bond acceptors (Lipinski definition) is 4. The van der Waals surface area contributed by atoms with Crippen LogP contribution in [0, 0.1) is 12.3 Å². The maximum Gasteiger partial charge on any atom is 0.309 e. The first kappa shape index (κ1) is 21.0. The molecule has 4 nitrogen and oxygen atoms in total. The van der Waals surface area contributed by atoms with E-state index >= 15 is 0 Å². The highest BCUT2D eigenvalue weighted by molar-refractivity contribution is 5.77. The fraction of sp³-hybridized carbons (Fsp3) is 0.435. The van der Waals surface area contributed by atoms with E-state index in [1.807, 2.05) is 18.2 Å². The molecule has 0 aliphatic rings. The molecule has 0 saturated carbocycles. The van der Waals surface area contributed by atoms with Gasteiger partial charge in [-0.05, 0) is 41.2 Å². The number of rotatable bonds is 7. The van der Waals surface area contributed by atoms with Crippen molar-refractivity contribution in [2.45, 2.75) is 40.7 Å². The smallest absolute Gasteiger partial charge is 0.309 e. The van der Waals surface area contributed by atoms with Gasteiger partial charge in [-0.25, -0.2) is 0 Å². The van der Waals surface area contributed by atoms with Gasteiger partial charge in [-0.1, -0.05) is 50.6 Å². The number of esters is 1. The van der Waals surface area contributed by atoms with Crippen molar-refractivity contribution in [3.05, 3.63) is 53.1 Å². The fourth-order valence-corrected chi connectivity index (χ4v) is 3.02. The van der Waals surface area contributed by atoms with Crippen LogP contribution in [-0.4, -0.2) is 26.7 Å². The average molecular weight is 370 g/mol. The van der Waals surface area contributed by atoms with Crippen molar-refractivity contribution in [2.24, 2.45) is 5.41 Å². The highest BCUT2D eigenvalue weighted by atomic mass is 16.5. The third kappa shape index (κ3) is 6.10. The molecular formula is C23H31NO3. The molecule has 27 heavy (non-hydrogen) atoms. The Morgan fingerprint density at radius 2 is 1.78 bits per heavy atom. The molecule has 0 bridgehead atoms. The van der Waals surface area contributed by atoms with Gasteiger partial charge in [-0.2, -0.15) is 0 Å². The van der Waals surface area contributed by atoms with Gasteiger partial charge in [0.05, 0.1) is 20.6 Å². The van der Waals surface area contributed by atoms with Gasteiger partial charge in [0.15, 0.2) is 0 Å². The van der Waals surface area contributed by atoms with Crippen molar-refractivity contribution in [2.75, 3.05) is 20.8 Å². The summed E-state index contributed by atoms with van der Waals surface area (Å²) in [4.78, 5) is 11.7. The summed E-state index contributed by atoms with van der Waals surface area (Å²) < 4.78 is 10.4. The van der Waals surface area contributed by atoms with Gasteiger partial charge >= 0.3 is 5.97 Å². The first-order valence-electron chi connectivity index (χ1n) is 9.28. The van der Waals surface area contributed by atoms with Crippen LogP contribution < -0.4 is 10.1 Å². The van der Waals surface area contributed by atoms with Gasteiger partial charge in [0, 0.05) is 18.7 Å². The Labute approximate surface area is 162 Å². The van der Waals surface area contributed by atoms with Crippen molar-refractivity contribution in [3.8, 4) is 16.9 Å². The minimum atomic E-state index is -0.248. The lowest BCUT2D eigenvalue weighted by atomic mass is 9.94. The Hall–Kier alpha value is -2.33. The van der Waals surface area contributed by atoms with Crippen LogP contribution in [0.1, 0.15) is 37.5 Å². The summed E-state index contributed by atoms with van der Waals surface area (Å²) in [5.74, 6) is 0.548. The first-order chi connectivity index (χ1) is 12.7. The lowest BCUT2D eigenvalue weighted by Gasteiger charge is -2.20. The number of carbonyl (C=O) groups excluding carboxylic acids is 1. The third-order valence-electron chi connectivity index (χ3n) is 4.36. The van der Waals surface area contributed by atoms with Crippen LogP contribution in [0.15, 0.2) is 36.4 Å². The molecule has 146 valence electrons. The largest absolute Gasteiger partial charge is 0.496 e. The molecule has 0 heterocycles. The molecule has 0 amide bonds. The zero-order valence-corrected chi connectivity index (χ0v) is 17.3. The van der Waals surface area contributed by atoms with Gasteiger partial charge in [-0.3, -0.25) is 4.79 Å². The molecule has 0 saturated heterocycles. The molecule has 0 aliphatic heterocycles. The average Bonchev–Trinajstić information content (AvgIpc) is 2.60. The molecule has 1 N–H and O–H groups in total. The summed E-state index contributed by atoms with van der Waals surface area (Å²) >= 11 is 0. The fourth-order valence-electron chi connectivity index (χ4n) is 3.02. The maximum atomic E-state index is 11.7. The Morgan fingerprint density at radius 1 is 1.04 bits per heavy atom. The second kappa shape index (κ2) is 9.05. The summed E-state index contributed by atoms with van der Waals surface area (Å²) in [5.41, 5.74) is 5.68. The minimum Gasteiger partial charge on any atom is -0.496 e. The summed E-state index contributed by atoms with van der Waals surface area (Å²) in [6.45, 7) is 10.5. The van der Waals surface area contributed by atoms with E-state index < -0.39 is 0 Å². The second-order valence-corrected chi connectivity index (χ2v) is 8.11. The Kier molecular flexibility index (Phi) is 7.03. The van der Waals surface area contributed by atoms with Gasteiger partial charge in [0.2, 0.25) is 0 Å². The van der Waals surface area contributed by atoms with Gasteiger partial charge in [0.1, 0.15) is 5.75 Å². The van der Waals surface area contributed by atoms with Crippen molar-refractivity contribution < 1.29 is 14.3 Å². The summed E-state index contributed by atoms with van der Waals surface area (Å²) in [5, 5.41) is 3.56. The highest BCUT2D eigenvalue weighted by Crippen LogP contribution is 2.34. The molecule has 4 heteroatoms. The summed E-state index contributed by atoms with van der Waals surface area (Å²) in [7, 11) is 3.08. The summed E-state index contributed by atoms with van der Waals surface area (Å²) in [6, 6.07) is 12.3. The molecule has 0 radical (unpaired) electrons. The van der Waals surface area contributed by atoms with Crippen LogP contribution in [0.5, 0.6) is 5.75 Å². The summed E-state index contributed by atoms with van der Waals surface area (Å²) in [6.07, 6.45) is 0.247. The topological polar surface area (TPSA) is 47.6 Å². The Balaban J connectivity index is 2.40. The zero-order chi connectivity index (χ0) is 20.0. The number of methoxy groups -OCH3 is 2. The SMILES string of the molecule is COC(=O)Cc1ccc(OC)c(-c2ccc(C)cc2CNCC(C)(C)C)c1. The van der Waals surface area contributed by atoms with Crippen molar-refractivity contribution in [1.29, 1.82) is 0 Å². The monoisotopic (exact) mass is 369 g/mol. The number of carbonyl (C=O) groups is 1. The van der Waals surface area contributed by atoms with E-state index in [1.165, 1.54) is 18.2 Å².